The molecule has 1 aliphatic heterocycles. The van der Waals surface area contributed by atoms with Crippen molar-refractivity contribution in [2.75, 3.05) is 18.9 Å². The molecule has 1 aromatic carbocycles. The Morgan fingerprint density at radius 1 is 1.25 bits per heavy atom. The van der Waals surface area contributed by atoms with Crippen LogP contribution in [0.25, 0.3) is 11.2 Å². The predicted octanol–water partition coefficient (Wildman–Crippen LogP) is 2.27. The zero-order chi connectivity index (χ0) is 19.5. The molecule has 2 unspecified atom stereocenters. The number of nitrogens with one attached hydrogen (secondary N) is 2. The number of benzene rings is 1. The third kappa shape index (κ3) is 3.55. The summed E-state index contributed by atoms with van der Waals surface area (Å²) in [5, 5.41) is 5.93. The molecule has 146 valence electrons. The first-order chi connectivity index (χ1) is 13.7. The highest BCUT2D eigenvalue weighted by Gasteiger charge is 2.32. The lowest BCUT2D eigenvalue weighted by atomic mass is 10.1. The molecule has 1 fully saturated rings. The second-order valence-electron chi connectivity index (χ2n) is 6.78. The maximum absolute atomic E-state index is 12.1. The minimum absolute atomic E-state index is 0.0651. The minimum Gasteiger partial charge on any atom is -0.371 e. The average Bonchev–Trinajstić information content (AvgIpc) is 3.35. The number of carbonyl (C=O) groups is 1. The molecule has 0 bridgehead atoms. The number of likely N-dealkylation sites (N-methyl/N-ethyl adjacent to an activating group) is 1. The fourth-order valence-corrected chi connectivity index (χ4v) is 3.51. The van der Waals surface area contributed by atoms with Gasteiger partial charge in [-0.1, -0.05) is 30.3 Å². The molecule has 2 aromatic heterocycles. The molecular formula is C20H24N6O2. The van der Waals surface area contributed by atoms with Gasteiger partial charge in [0.05, 0.1) is 6.33 Å². The van der Waals surface area contributed by atoms with Gasteiger partial charge in [-0.15, -0.1) is 0 Å². The van der Waals surface area contributed by atoms with Gasteiger partial charge in [0.2, 0.25) is 5.91 Å². The van der Waals surface area contributed by atoms with Crippen LogP contribution in [0.1, 0.15) is 37.4 Å². The van der Waals surface area contributed by atoms with Gasteiger partial charge in [0.15, 0.2) is 17.0 Å². The maximum Gasteiger partial charge on any atom is 0.249 e. The summed E-state index contributed by atoms with van der Waals surface area (Å²) in [6, 6.07) is 10.1. The van der Waals surface area contributed by atoms with Gasteiger partial charge in [-0.05, 0) is 25.3 Å². The third-order valence-electron chi connectivity index (χ3n) is 4.86. The number of ether oxygens (including phenoxy) is 1. The summed E-state index contributed by atoms with van der Waals surface area (Å²) in [6.07, 6.45) is 3.07. The summed E-state index contributed by atoms with van der Waals surface area (Å²) >= 11 is 0. The number of amides is 1. The van der Waals surface area contributed by atoms with E-state index >= 15 is 0 Å². The van der Waals surface area contributed by atoms with Crippen molar-refractivity contribution < 1.29 is 9.53 Å². The van der Waals surface area contributed by atoms with Crippen LogP contribution in [0.4, 0.5) is 5.82 Å². The topological polar surface area (TPSA) is 94.0 Å². The molecule has 3 aromatic rings. The zero-order valence-electron chi connectivity index (χ0n) is 16.1. The predicted molar refractivity (Wildman–Crippen MR) is 106 cm³/mol. The van der Waals surface area contributed by atoms with Gasteiger partial charge >= 0.3 is 0 Å². The number of hydrogen-bond donors (Lipinski definition) is 2. The number of nitrogens with zero attached hydrogens (tertiary/aromatic N) is 4. The number of anilines is 1. The lowest BCUT2D eigenvalue weighted by Gasteiger charge is -2.15. The Balaban J connectivity index is 1.64. The van der Waals surface area contributed by atoms with Crippen LogP contribution < -0.4 is 10.6 Å². The van der Waals surface area contributed by atoms with E-state index in [1.165, 1.54) is 0 Å². The molecule has 0 saturated carbocycles. The van der Waals surface area contributed by atoms with Crippen molar-refractivity contribution in [2.24, 2.45) is 0 Å². The number of carbonyl (C=O) groups excluding carboxylic acids is 1. The first-order valence-electron chi connectivity index (χ1n) is 9.58. The monoisotopic (exact) mass is 380 g/mol. The zero-order valence-corrected chi connectivity index (χ0v) is 16.1. The van der Waals surface area contributed by atoms with Crippen molar-refractivity contribution in [3.8, 4) is 0 Å². The Kier molecular flexibility index (Phi) is 5.21. The molecule has 0 spiro atoms. The van der Waals surface area contributed by atoms with E-state index in [-0.39, 0.29) is 12.1 Å². The van der Waals surface area contributed by atoms with Gasteiger partial charge in [-0.25, -0.2) is 15.0 Å². The van der Waals surface area contributed by atoms with E-state index in [1.54, 1.807) is 6.33 Å². The molecule has 0 radical (unpaired) electrons. The molecule has 3 heterocycles. The van der Waals surface area contributed by atoms with E-state index in [9.17, 15) is 4.79 Å². The Labute approximate surface area is 163 Å². The van der Waals surface area contributed by atoms with Crippen molar-refractivity contribution >= 4 is 22.9 Å². The van der Waals surface area contributed by atoms with E-state index < -0.39 is 6.10 Å². The Hall–Kier alpha value is -3.00. The largest absolute Gasteiger partial charge is 0.371 e. The van der Waals surface area contributed by atoms with E-state index in [2.05, 4.69) is 32.7 Å². The van der Waals surface area contributed by atoms with E-state index in [1.807, 2.05) is 36.7 Å². The summed E-state index contributed by atoms with van der Waals surface area (Å²) in [4.78, 5) is 25.9. The van der Waals surface area contributed by atoms with Crippen LogP contribution in [0.3, 0.4) is 0 Å². The Morgan fingerprint density at radius 3 is 2.82 bits per heavy atom. The van der Waals surface area contributed by atoms with Gasteiger partial charge in [-0.2, -0.15) is 0 Å². The number of imidazole rings is 1. The smallest absolute Gasteiger partial charge is 0.249 e. The first-order valence-corrected chi connectivity index (χ1v) is 9.58. The summed E-state index contributed by atoms with van der Waals surface area (Å²) < 4.78 is 7.90. The van der Waals surface area contributed by atoms with Crippen molar-refractivity contribution in [1.29, 1.82) is 0 Å². The van der Waals surface area contributed by atoms with Crippen molar-refractivity contribution in [3.63, 3.8) is 0 Å². The highest BCUT2D eigenvalue weighted by atomic mass is 16.5. The van der Waals surface area contributed by atoms with E-state index in [4.69, 9.17) is 9.72 Å². The maximum atomic E-state index is 12.1. The molecular weight excluding hydrogens is 356 g/mol. The summed E-state index contributed by atoms with van der Waals surface area (Å²) in [5.74, 6) is 1.33. The van der Waals surface area contributed by atoms with Crippen molar-refractivity contribution in [1.82, 2.24) is 24.8 Å². The second kappa shape index (κ2) is 7.93. The quantitative estimate of drug-likeness (QED) is 0.681. The minimum atomic E-state index is -0.434. The Morgan fingerprint density at radius 2 is 2.07 bits per heavy atom. The highest BCUT2D eigenvalue weighted by molar-refractivity contribution is 5.83. The molecule has 8 nitrogen and oxygen atoms in total. The van der Waals surface area contributed by atoms with Crippen LogP contribution in [-0.2, 0) is 16.0 Å². The van der Waals surface area contributed by atoms with Crippen LogP contribution in [0.15, 0.2) is 36.7 Å². The molecule has 0 aliphatic carbocycles. The number of fused-ring (bicyclic) bond motifs is 1. The van der Waals surface area contributed by atoms with Gasteiger partial charge in [0, 0.05) is 20.0 Å². The number of aromatic nitrogens is 4. The molecule has 1 amide bonds. The SMILES string of the molecule is CCNC(=O)C1CCC(n2cnc3c(NC)nc(Cc4ccccc4)nc32)O1. The molecule has 2 atom stereocenters. The molecule has 8 heteroatoms. The van der Waals surface area contributed by atoms with Crippen molar-refractivity contribution in [2.45, 2.75) is 38.5 Å². The van der Waals surface area contributed by atoms with Crippen LogP contribution >= 0.6 is 0 Å². The van der Waals surface area contributed by atoms with Gasteiger partial charge < -0.3 is 15.4 Å². The summed E-state index contributed by atoms with van der Waals surface area (Å²) in [5.41, 5.74) is 2.56. The molecule has 2 N–H and O–H groups in total. The van der Waals surface area contributed by atoms with Crippen LogP contribution in [0.5, 0.6) is 0 Å². The third-order valence-corrected chi connectivity index (χ3v) is 4.86. The van der Waals surface area contributed by atoms with Crippen molar-refractivity contribution in [3.05, 3.63) is 48.0 Å². The lowest BCUT2D eigenvalue weighted by Crippen LogP contribution is -2.34. The molecule has 1 saturated heterocycles. The van der Waals surface area contributed by atoms with E-state index in [0.29, 0.717) is 42.2 Å². The number of hydrogen-bond acceptors (Lipinski definition) is 6. The molecule has 4 rings (SSSR count). The summed E-state index contributed by atoms with van der Waals surface area (Å²) in [7, 11) is 1.82. The standard InChI is InChI=1S/C20H24N6O2/c1-3-22-20(27)14-9-10-16(28-14)26-12-23-17-18(21-2)24-15(25-19(17)26)11-13-7-5-4-6-8-13/h4-8,12,14,16H,3,9-11H2,1-2H3,(H,22,27)(H,21,24,25). The van der Waals surface area contributed by atoms with Gasteiger partial charge in [-0.3, -0.25) is 9.36 Å². The van der Waals surface area contributed by atoms with Gasteiger partial charge in [0.1, 0.15) is 18.2 Å². The van der Waals surface area contributed by atoms with Crippen LogP contribution in [0.2, 0.25) is 0 Å². The molecule has 28 heavy (non-hydrogen) atoms. The second-order valence-corrected chi connectivity index (χ2v) is 6.78. The van der Waals surface area contributed by atoms with Crippen LogP contribution in [0, 0.1) is 0 Å². The Bertz CT molecular complexity index is 971. The highest BCUT2D eigenvalue weighted by Crippen LogP contribution is 2.31. The average molecular weight is 380 g/mol. The first kappa shape index (κ1) is 18.4. The van der Waals surface area contributed by atoms with E-state index in [0.717, 1.165) is 12.0 Å². The fraction of sp³-hybridized carbons (Fsp3) is 0.400. The van der Waals surface area contributed by atoms with Crippen LogP contribution in [-0.4, -0.2) is 45.1 Å². The van der Waals surface area contributed by atoms with Gasteiger partial charge in [0.25, 0.3) is 0 Å². The number of rotatable bonds is 6. The fourth-order valence-electron chi connectivity index (χ4n) is 3.51. The normalized spacial score (nSPS) is 19.1. The molecule has 1 aliphatic rings. The summed E-state index contributed by atoms with van der Waals surface area (Å²) in [6.45, 7) is 2.50. The lowest BCUT2D eigenvalue weighted by molar-refractivity contribution is -0.133.